The maximum Gasteiger partial charge on any atom is 0.0714 e. The molecular formula is C36H35N3. The lowest BCUT2D eigenvalue weighted by atomic mass is 9.88. The van der Waals surface area contributed by atoms with Crippen LogP contribution in [0, 0.1) is 0 Å². The Kier molecular flexibility index (Phi) is 6.60. The van der Waals surface area contributed by atoms with Crippen LogP contribution in [0.3, 0.4) is 0 Å². The minimum absolute atomic E-state index is 0.348. The van der Waals surface area contributed by atoms with Gasteiger partial charge in [0.2, 0.25) is 0 Å². The van der Waals surface area contributed by atoms with E-state index in [2.05, 4.69) is 118 Å². The fourth-order valence-electron chi connectivity index (χ4n) is 5.60. The van der Waals surface area contributed by atoms with Gasteiger partial charge in [-0.15, -0.1) is 0 Å². The molecule has 0 N–H and O–H groups in total. The topological polar surface area (TPSA) is 38.7 Å². The van der Waals surface area contributed by atoms with Gasteiger partial charge in [-0.25, -0.2) is 4.98 Å². The molecule has 0 aliphatic heterocycles. The molecule has 1 atom stereocenters. The zero-order chi connectivity index (χ0) is 27.1. The summed E-state index contributed by atoms with van der Waals surface area (Å²) in [5.74, 6) is 1.17. The van der Waals surface area contributed by atoms with Gasteiger partial charge in [0.05, 0.1) is 22.2 Å². The third-order valence-corrected chi connectivity index (χ3v) is 7.92. The molecule has 6 rings (SSSR count). The summed E-state index contributed by atoms with van der Waals surface area (Å²) in [6.07, 6.45) is 2.81. The van der Waals surface area contributed by atoms with Gasteiger partial charge in [0, 0.05) is 33.6 Å². The van der Waals surface area contributed by atoms with Gasteiger partial charge in [0.1, 0.15) is 0 Å². The van der Waals surface area contributed by atoms with Crippen LogP contribution in [0.2, 0.25) is 0 Å². The second kappa shape index (κ2) is 10.2. The summed E-state index contributed by atoms with van der Waals surface area (Å²) in [6.45, 7) is 11.2. The van der Waals surface area contributed by atoms with Crippen LogP contribution in [0.1, 0.15) is 74.8 Å². The Morgan fingerprint density at radius 2 is 1.49 bits per heavy atom. The molecule has 39 heavy (non-hydrogen) atoms. The van der Waals surface area contributed by atoms with Crippen LogP contribution in [0.4, 0.5) is 0 Å². The molecule has 1 unspecified atom stereocenters. The van der Waals surface area contributed by atoms with Crippen molar-refractivity contribution in [3.63, 3.8) is 0 Å². The SMILES string of the molecule is CC(C)c1ccc2ccc(-c3ccc4c(CC(C)c5cccc6ncccc56)cc(C(C)C)nc4c3)nc2c1. The van der Waals surface area contributed by atoms with E-state index in [1.54, 1.807) is 0 Å². The van der Waals surface area contributed by atoms with E-state index in [0.29, 0.717) is 17.8 Å². The molecule has 0 saturated carbocycles. The van der Waals surface area contributed by atoms with E-state index in [9.17, 15) is 0 Å². The highest BCUT2D eigenvalue weighted by Gasteiger charge is 2.16. The maximum atomic E-state index is 5.11. The smallest absolute Gasteiger partial charge is 0.0714 e. The summed E-state index contributed by atoms with van der Waals surface area (Å²) < 4.78 is 0. The standard InChI is InChI=1S/C36H35N3/c1-22(2)26-12-11-25-14-16-32(38-35(25)19-26)27-13-15-30-28(21-34(23(3)4)39-36(30)20-27)18-24(5)29-8-6-10-33-31(29)9-7-17-37-33/h6-17,19-24H,18H2,1-5H3. The Morgan fingerprint density at radius 3 is 2.31 bits per heavy atom. The molecule has 0 saturated heterocycles. The molecule has 0 spiro atoms. The molecule has 194 valence electrons. The summed E-state index contributed by atoms with van der Waals surface area (Å²) in [5.41, 5.74) is 10.4. The summed E-state index contributed by atoms with van der Waals surface area (Å²) in [5, 5.41) is 3.63. The highest BCUT2D eigenvalue weighted by Crippen LogP contribution is 2.33. The van der Waals surface area contributed by atoms with E-state index >= 15 is 0 Å². The van der Waals surface area contributed by atoms with Gasteiger partial charge < -0.3 is 0 Å². The quantitative estimate of drug-likeness (QED) is 0.224. The number of hydrogen-bond acceptors (Lipinski definition) is 3. The van der Waals surface area contributed by atoms with Crippen molar-refractivity contribution in [2.75, 3.05) is 0 Å². The van der Waals surface area contributed by atoms with Gasteiger partial charge in [-0.2, -0.15) is 0 Å². The van der Waals surface area contributed by atoms with Crippen LogP contribution in [0.15, 0.2) is 91.1 Å². The van der Waals surface area contributed by atoms with Gasteiger partial charge in [0.15, 0.2) is 0 Å². The van der Waals surface area contributed by atoms with E-state index in [-0.39, 0.29) is 0 Å². The van der Waals surface area contributed by atoms with Crippen molar-refractivity contribution in [2.45, 2.75) is 58.8 Å². The van der Waals surface area contributed by atoms with Gasteiger partial charge in [0.25, 0.3) is 0 Å². The Bertz CT molecular complexity index is 1810. The van der Waals surface area contributed by atoms with E-state index in [4.69, 9.17) is 9.97 Å². The molecule has 3 heterocycles. The molecule has 3 heteroatoms. The van der Waals surface area contributed by atoms with Crippen molar-refractivity contribution in [3.05, 3.63) is 114 Å². The Hall–Kier alpha value is -4.11. The third-order valence-electron chi connectivity index (χ3n) is 7.92. The molecule has 0 radical (unpaired) electrons. The van der Waals surface area contributed by atoms with Crippen molar-refractivity contribution in [2.24, 2.45) is 0 Å². The number of fused-ring (bicyclic) bond motifs is 3. The average molecular weight is 510 g/mol. The Balaban J connectivity index is 1.42. The van der Waals surface area contributed by atoms with Crippen LogP contribution in [0.5, 0.6) is 0 Å². The molecule has 0 amide bonds. The second-order valence-corrected chi connectivity index (χ2v) is 11.4. The molecule has 0 bridgehead atoms. The zero-order valence-electron chi connectivity index (χ0n) is 23.4. The van der Waals surface area contributed by atoms with Crippen molar-refractivity contribution >= 4 is 32.7 Å². The number of rotatable bonds is 6. The van der Waals surface area contributed by atoms with Crippen LogP contribution in [0.25, 0.3) is 44.0 Å². The molecule has 3 nitrogen and oxygen atoms in total. The number of aromatic nitrogens is 3. The van der Waals surface area contributed by atoms with E-state index in [1.807, 2.05) is 12.3 Å². The lowest BCUT2D eigenvalue weighted by Gasteiger charge is -2.18. The van der Waals surface area contributed by atoms with Gasteiger partial charge in [-0.1, -0.05) is 83.1 Å². The van der Waals surface area contributed by atoms with Gasteiger partial charge in [-0.05, 0) is 77.3 Å². The average Bonchev–Trinajstić information content (AvgIpc) is 2.95. The van der Waals surface area contributed by atoms with Gasteiger partial charge in [-0.3, -0.25) is 9.97 Å². The molecule has 0 fully saturated rings. The normalized spacial score (nSPS) is 12.7. The molecule has 0 aliphatic rings. The van der Waals surface area contributed by atoms with Crippen molar-refractivity contribution in [1.82, 2.24) is 15.0 Å². The van der Waals surface area contributed by atoms with E-state index in [0.717, 1.165) is 39.9 Å². The van der Waals surface area contributed by atoms with Crippen LogP contribution in [-0.4, -0.2) is 15.0 Å². The van der Waals surface area contributed by atoms with E-state index in [1.165, 1.54) is 32.8 Å². The lowest BCUT2D eigenvalue weighted by molar-refractivity contribution is 0.761. The first-order valence-electron chi connectivity index (χ1n) is 14.1. The zero-order valence-corrected chi connectivity index (χ0v) is 23.4. The highest BCUT2D eigenvalue weighted by molar-refractivity contribution is 5.89. The van der Waals surface area contributed by atoms with Crippen LogP contribution >= 0.6 is 0 Å². The fourth-order valence-corrected chi connectivity index (χ4v) is 5.60. The van der Waals surface area contributed by atoms with E-state index < -0.39 is 0 Å². The molecule has 6 aromatic rings. The minimum Gasteiger partial charge on any atom is -0.256 e. The first-order chi connectivity index (χ1) is 18.9. The summed E-state index contributed by atoms with van der Waals surface area (Å²) in [4.78, 5) is 14.7. The summed E-state index contributed by atoms with van der Waals surface area (Å²) >= 11 is 0. The second-order valence-electron chi connectivity index (χ2n) is 11.4. The predicted molar refractivity (Wildman–Crippen MR) is 165 cm³/mol. The van der Waals surface area contributed by atoms with Crippen LogP contribution < -0.4 is 0 Å². The maximum absolute atomic E-state index is 5.11. The first kappa shape index (κ1) is 25.2. The number of benzene rings is 3. The number of pyridine rings is 3. The fraction of sp³-hybridized carbons (Fsp3) is 0.250. The predicted octanol–water partition coefficient (Wildman–Crippen LogP) is 9.59. The lowest BCUT2D eigenvalue weighted by Crippen LogP contribution is -2.04. The molecule has 3 aromatic heterocycles. The van der Waals surface area contributed by atoms with Crippen LogP contribution in [-0.2, 0) is 6.42 Å². The van der Waals surface area contributed by atoms with Crippen molar-refractivity contribution < 1.29 is 0 Å². The van der Waals surface area contributed by atoms with Gasteiger partial charge >= 0.3 is 0 Å². The highest BCUT2D eigenvalue weighted by atomic mass is 14.7. The minimum atomic E-state index is 0.348. The number of hydrogen-bond donors (Lipinski definition) is 0. The summed E-state index contributed by atoms with van der Waals surface area (Å²) in [6, 6.07) is 30.6. The Labute approximate surface area is 231 Å². The van der Waals surface area contributed by atoms with Crippen molar-refractivity contribution in [3.8, 4) is 11.3 Å². The monoisotopic (exact) mass is 509 g/mol. The molecule has 0 aliphatic carbocycles. The number of nitrogens with zero attached hydrogens (tertiary/aromatic N) is 3. The van der Waals surface area contributed by atoms with Crippen molar-refractivity contribution in [1.29, 1.82) is 0 Å². The summed E-state index contributed by atoms with van der Waals surface area (Å²) in [7, 11) is 0. The molecule has 3 aromatic carbocycles. The third kappa shape index (κ3) is 4.90. The molecular weight excluding hydrogens is 474 g/mol. The largest absolute Gasteiger partial charge is 0.256 e. The first-order valence-corrected chi connectivity index (χ1v) is 14.1. The Morgan fingerprint density at radius 1 is 0.641 bits per heavy atom.